The van der Waals surface area contributed by atoms with Crippen molar-refractivity contribution in [1.82, 2.24) is 14.9 Å². The number of hydrogen-bond donors (Lipinski definition) is 2. The van der Waals surface area contributed by atoms with Crippen molar-refractivity contribution in [3.63, 3.8) is 0 Å². The van der Waals surface area contributed by atoms with Gasteiger partial charge in [-0.25, -0.2) is 4.98 Å². The lowest BCUT2D eigenvalue weighted by Gasteiger charge is -2.23. The third-order valence-electron chi connectivity index (χ3n) is 4.62. The third kappa shape index (κ3) is 4.28. The van der Waals surface area contributed by atoms with Crippen LogP contribution in [0.15, 0.2) is 4.79 Å². The number of nitrogens with zero attached hydrogens (tertiary/aromatic N) is 2. The number of methoxy groups -OCH3 is 1. The van der Waals surface area contributed by atoms with Gasteiger partial charge in [0.15, 0.2) is 0 Å². The second-order valence-corrected chi connectivity index (χ2v) is 7.83. The molecule has 0 saturated heterocycles. The zero-order valence-corrected chi connectivity index (χ0v) is 15.8. The molecular weight excluding hydrogens is 338 g/mol. The number of aliphatic hydroxyl groups is 1. The summed E-state index contributed by atoms with van der Waals surface area (Å²) in [6.45, 7) is 4.28. The highest BCUT2D eigenvalue weighted by Gasteiger charge is 2.20. The Labute approximate surface area is 151 Å². The molecule has 0 spiro atoms. The van der Waals surface area contributed by atoms with Crippen LogP contribution in [-0.2, 0) is 24.1 Å². The lowest BCUT2D eigenvalue weighted by atomic mass is 9.97. The molecule has 0 aromatic carbocycles. The van der Waals surface area contributed by atoms with Crippen LogP contribution < -0.4 is 5.56 Å². The van der Waals surface area contributed by atoms with E-state index in [2.05, 4.69) is 16.8 Å². The fraction of sp³-hybridized carbons (Fsp3) is 0.667. The number of nitrogens with one attached hydrogen (secondary N) is 1. The van der Waals surface area contributed by atoms with Gasteiger partial charge in [0.05, 0.1) is 24.6 Å². The molecule has 2 heterocycles. The number of aromatic nitrogens is 2. The van der Waals surface area contributed by atoms with E-state index >= 15 is 0 Å². The lowest BCUT2D eigenvalue weighted by Crippen LogP contribution is -2.35. The Morgan fingerprint density at radius 1 is 1.40 bits per heavy atom. The van der Waals surface area contributed by atoms with Gasteiger partial charge in [0.1, 0.15) is 10.7 Å². The first kappa shape index (κ1) is 18.5. The average Bonchev–Trinajstić information content (AvgIpc) is 2.93. The molecule has 0 bridgehead atoms. The Kier molecular flexibility index (Phi) is 6.22. The quantitative estimate of drug-likeness (QED) is 0.749. The van der Waals surface area contributed by atoms with E-state index < -0.39 is 6.10 Å². The molecule has 0 saturated carbocycles. The van der Waals surface area contributed by atoms with Gasteiger partial charge in [0.2, 0.25) is 0 Å². The molecule has 2 aromatic rings. The van der Waals surface area contributed by atoms with E-state index in [0.717, 1.165) is 42.4 Å². The van der Waals surface area contributed by atoms with E-state index in [9.17, 15) is 9.90 Å². The van der Waals surface area contributed by atoms with Crippen LogP contribution in [0.4, 0.5) is 0 Å². The molecule has 1 aliphatic rings. The standard InChI is InChI=1S/C18H27N3O3S/c1-3-8-21(9-12(22)11-24-2)10-15-19-17(23)16-13-6-4-5-7-14(13)25-18(16)20-15/h12,22H,3-11H2,1-2H3,(H,19,20,23). The second kappa shape index (κ2) is 8.40. The SMILES string of the molecule is CCCN(Cc1nc2sc3c(c2c(=O)[nH]1)CCCC3)CC(O)COC. The molecule has 7 heteroatoms. The number of H-pyrrole nitrogens is 1. The predicted molar refractivity (Wildman–Crippen MR) is 100 cm³/mol. The largest absolute Gasteiger partial charge is 0.389 e. The van der Waals surface area contributed by atoms with Gasteiger partial charge in [-0.05, 0) is 44.2 Å². The Hall–Kier alpha value is -1.28. The monoisotopic (exact) mass is 365 g/mol. The zero-order chi connectivity index (χ0) is 17.8. The minimum absolute atomic E-state index is 0.0201. The Morgan fingerprint density at radius 2 is 2.20 bits per heavy atom. The maximum absolute atomic E-state index is 12.6. The van der Waals surface area contributed by atoms with Crippen molar-refractivity contribution in [1.29, 1.82) is 0 Å². The summed E-state index contributed by atoms with van der Waals surface area (Å²) in [6, 6.07) is 0. The molecule has 0 aliphatic heterocycles. The third-order valence-corrected chi connectivity index (χ3v) is 5.80. The Bertz CT molecular complexity index is 771. The molecule has 1 atom stereocenters. The minimum Gasteiger partial charge on any atom is -0.389 e. The number of hydrogen-bond acceptors (Lipinski definition) is 6. The van der Waals surface area contributed by atoms with Crippen LogP contribution in [0.3, 0.4) is 0 Å². The van der Waals surface area contributed by atoms with Gasteiger partial charge in [-0.1, -0.05) is 6.92 Å². The van der Waals surface area contributed by atoms with Gasteiger partial charge in [0, 0.05) is 18.5 Å². The highest BCUT2D eigenvalue weighted by Crippen LogP contribution is 2.33. The summed E-state index contributed by atoms with van der Waals surface area (Å²) in [5.74, 6) is 0.675. The van der Waals surface area contributed by atoms with E-state index in [1.165, 1.54) is 16.9 Å². The van der Waals surface area contributed by atoms with E-state index in [1.54, 1.807) is 18.4 Å². The molecular formula is C18H27N3O3S. The van der Waals surface area contributed by atoms with Crippen molar-refractivity contribution in [3.8, 4) is 0 Å². The van der Waals surface area contributed by atoms with Crippen LogP contribution in [0.1, 0.15) is 42.5 Å². The summed E-state index contributed by atoms with van der Waals surface area (Å²) < 4.78 is 5.01. The summed E-state index contributed by atoms with van der Waals surface area (Å²) >= 11 is 1.67. The van der Waals surface area contributed by atoms with E-state index in [-0.39, 0.29) is 5.56 Å². The fourth-order valence-corrected chi connectivity index (χ4v) is 4.87. The first-order chi connectivity index (χ1) is 12.1. The topological polar surface area (TPSA) is 78.5 Å². The summed E-state index contributed by atoms with van der Waals surface area (Å²) in [7, 11) is 1.58. The number of aliphatic hydroxyl groups excluding tert-OH is 1. The summed E-state index contributed by atoms with van der Waals surface area (Å²) in [5.41, 5.74) is 1.20. The van der Waals surface area contributed by atoms with Crippen LogP contribution in [0.5, 0.6) is 0 Å². The predicted octanol–water partition coefficient (Wildman–Crippen LogP) is 2.08. The smallest absolute Gasteiger partial charge is 0.259 e. The molecule has 1 aliphatic carbocycles. The van der Waals surface area contributed by atoms with Gasteiger partial charge < -0.3 is 14.8 Å². The lowest BCUT2D eigenvalue weighted by molar-refractivity contribution is 0.0353. The average molecular weight is 365 g/mol. The summed E-state index contributed by atoms with van der Waals surface area (Å²) in [5, 5.41) is 10.8. The normalized spacial score (nSPS) is 15.7. The Morgan fingerprint density at radius 3 is 2.96 bits per heavy atom. The first-order valence-electron chi connectivity index (χ1n) is 9.05. The molecule has 2 aromatic heterocycles. The van der Waals surface area contributed by atoms with Crippen molar-refractivity contribution >= 4 is 21.6 Å². The van der Waals surface area contributed by atoms with Gasteiger partial charge in [0.25, 0.3) is 5.56 Å². The van der Waals surface area contributed by atoms with Gasteiger partial charge in [-0.2, -0.15) is 0 Å². The van der Waals surface area contributed by atoms with E-state index in [0.29, 0.717) is 25.5 Å². The maximum Gasteiger partial charge on any atom is 0.259 e. The molecule has 1 unspecified atom stereocenters. The molecule has 6 nitrogen and oxygen atoms in total. The van der Waals surface area contributed by atoms with Crippen LogP contribution in [-0.4, -0.2) is 52.9 Å². The molecule has 25 heavy (non-hydrogen) atoms. The molecule has 2 N–H and O–H groups in total. The number of fused-ring (bicyclic) bond motifs is 3. The van der Waals surface area contributed by atoms with Crippen LogP contribution in [0, 0.1) is 0 Å². The van der Waals surface area contributed by atoms with Gasteiger partial charge in [-0.3, -0.25) is 9.69 Å². The molecule has 0 amide bonds. The highest BCUT2D eigenvalue weighted by atomic mass is 32.1. The Balaban J connectivity index is 1.83. The van der Waals surface area contributed by atoms with Gasteiger partial charge in [-0.15, -0.1) is 11.3 Å². The second-order valence-electron chi connectivity index (χ2n) is 6.75. The minimum atomic E-state index is -0.541. The number of rotatable bonds is 8. The fourth-order valence-electron chi connectivity index (χ4n) is 3.59. The number of ether oxygens (including phenoxy) is 1. The molecule has 138 valence electrons. The summed E-state index contributed by atoms with van der Waals surface area (Å²) in [4.78, 5) is 24.6. The molecule has 0 radical (unpaired) electrons. The van der Waals surface area contributed by atoms with Crippen molar-refractivity contribution in [2.45, 2.75) is 51.7 Å². The summed E-state index contributed by atoms with van der Waals surface area (Å²) in [6.07, 6.45) is 4.84. The van der Waals surface area contributed by atoms with Crippen LogP contribution in [0.2, 0.25) is 0 Å². The van der Waals surface area contributed by atoms with Crippen molar-refractivity contribution in [2.75, 3.05) is 26.8 Å². The van der Waals surface area contributed by atoms with Crippen LogP contribution in [0.25, 0.3) is 10.2 Å². The number of aromatic amines is 1. The maximum atomic E-state index is 12.6. The van der Waals surface area contributed by atoms with Crippen LogP contribution >= 0.6 is 11.3 Å². The van der Waals surface area contributed by atoms with Crippen molar-refractivity contribution < 1.29 is 9.84 Å². The van der Waals surface area contributed by atoms with Gasteiger partial charge >= 0.3 is 0 Å². The van der Waals surface area contributed by atoms with E-state index in [1.807, 2.05) is 0 Å². The van der Waals surface area contributed by atoms with E-state index in [4.69, 9.17) is 9.72 Å². The highest BCUT2D eigenvalue weighted by molar-refractivity contribution is 7.18. The zero-order valence-electron chi connectivity index (χ0n) is 15.0. The van der Waals surface area contributed by atoms with Crippen molar-refractivity contribution in [3.05, 3.63) is 26.6 Å². The molecule has 3 rings (SSSR count). The first-order valence-corrected chi connectivity index (χ1v) is 9.86. The van der Waals surface area contributed by atoms with Crippen molar-refractivity contribution in [2.24, 2.45) is 0 Å². The number of thiophene rings is 1. The molecule has 0 fully saturated rings. The number of aryl methyl sites for hydroxylation is 2.